The van der Waals surface area contributed by atoms with Crippen molar-refractivity contribution in [2.45, 2.75) is 25.7 Å². The quantitative estimate of drug-likeness (QED) is 0.892. The van der Waals surface area contributed by atoms with E-state index in [4.69, 9.17) is 5.73 Å². The number of amides is 1. The third-order valence-corrected chi connectivity index (χ3v) is 3.66. The van der Waals surface area contributed by atoms with Crippen molar-refractivity contribution in [3.05, 3.63) is 71.3 Å². The summed E-state index contributed by atoms with van der Waals surface area (Å²) in [5.74, 6) is -0.492. The summed E-state index contributed by atoms with van der Waals surface area (Å²) >= 11 is 0. The van der Waals surface area contributed by atoms with Crippen molar-refractivity contribution in [3.63, 3.8) is 0 Å². The largest absolute Gasteiger partial charge is 0.369 e. The Bertz CT molecular complexity index is 562. The van der Waals surface area contributed by atoms with E-state index in [1.165, 1.54) is 0 Å². The smallest absolute Gasteiger partial charge is 0.225 e. The molecule has 0 bridgehead atoms. The van der Waals surface area contributed by atoms with Crippen LogP contribution in [0.2, 0.25) is 0 Å². The molecule has 2 rings (SSSR count). The maximum absolute atomic E-state index is 11.9. The molecule has 0 fully saturated rings. The fourth-order valence-corrected chi connectivity index (χ4v) is 2.55. The number of nitrogens with two attached hydrogens (primary N) is 1. The first kappa shape index (κ1) is 13.3. The summed E-state index contributed by atoms with van der Waals surface area (Å²) in [7, 11) is 0. The Morgan fingerprint density at radius 1 is 1.00 bits per heavy atom. The van der Waals surface area contributed by atoms with E-state index in [9.17, 15) is 4.79 Å². The molecule has 0 aromatic heterocycles. The highest BCUT2D eigenvalue weighted by atomic mass is 16.1. The van der Waals surface area contributed by atoms with Crippen molar-refractivity contribution >= 4 is 5.91 Å². The number of hydrogen-bond donors (Lipinski definition) is 1. The zero-order valence-electron chi connectivity index (χ0n) is 11.3. The number of primary amides is 1. The molecule has 2 aromatic rings. The number of aryl methyl sites for hydroxylation is 1. The third kappa shape index (κ3) is 2.84. The van der Waals surface area contributed by atoms with Crippen LogP contribution >= 0.6 is 0 Å². The van der Waals surface area contributed by atoms with Gasteiger partial charge >= 0.3 is 0 Å². The predicted molar refractivity (Wildman–Crippen MR) is 78.0 cm³/mol. The van der Waals surface area contributed by atoms with Gasteiger partial charge in [-0.3, -0.25) is 4.79 Å². The molecule has 2 atom stereocenters. The number of carbonyl (C=O) groups is 1. The summed E-state index contributed by atoms with van der Waals surface area (Å²) in [6.07, 6.45) is 0. The highest BCUT2D eigenvalue weighted by molar-refractivity contribution is 5.83. The molecule has 0 radical (unpaired) electrons. The van der Waals surface area contributed by atoms with Gasteiger partial charge in [0.05, 0.1) is 5.92 Å². The summed E-state index contributed by atoms with van der Waals surface area (Å²) in [5.41, 5.74) is 8.90. The molecule has 19 heavy (non-hydrogen) atoms. The molecule has 0 aliphatic rings. The van der Waals surface area contributed by atoms with E-state index in [0.29, 0.717) is 0 Å². The zero-order valence-corrected chi connectivity index (χ0v) is 11.3. The molecule has 0 saturated carbocycles. The number of hydrogen-bond acceptors (Lipinski definition) is 1. The van der Waals surface area contributed by atoms with E-state index in [0.717, 1.165) is 16.7 Å². The van der Waals surface area contributed by atoms with Crippen LogP contribution in [0.25, 0.3) is 0 Å². The van der Waals surface area contributed by atoms with Crippen molar-refractivity contribution in [3.8, 4) is 0 Å². The molecular weight excluding hydrogens is 234 g/mol. The van der Waals surface area contributed by atoms with Gasteiger partial charge in [0.25, 0.3) is 0 Å². The third-order valence-electron chi connectivity index (χ3n) is 3.66. The van der Waals surface area contributed by atoms with Crippen LogP contribution in [0.3, 0.4) is 0 Å². The molecule has 2 aromatic carbocycles. The Labute approximate surface area is 114 Å². The van der Waals surface area contributed by atoms with Crippen molar-refractivity contribution in [2.75, 3.05) is 0 Å². The minimum atomic E-state index is -0.288. The van der Waals surface area contributed by atoms with Gasteiger partial charge in [-0.05, 0) is 29.5 Å². The zero-order chi connectivity index (χ0) is 13.8. The Kier molecular flexibility index (Phi) is 4.00. The van der Waals surface area contributed by atoms with Crippen molar-refractivity contribution in [1.29, 1.82) is 0 Å². The van der Waals surface area contributed by atoms with E-state index < -0.39 is 0 Å². The maximum Gasteiger partial charge on any atom is 0.225 e. The standard InChI is InChI=1S/C17H19NO/c1-12-8-6-7-11-15(12)16(17(18)19)13(2)14-9-4-3-5-10-14/h3-11,13,16H,1-2H3,(H2,18,19). The summed E-state index contributed by atoms with van der Waals surface area (Å²) in [4.78, 5) is 11.9. The normalized spacial score (nSPS) is 13.8. The van der Waals surface area contributed by atoms with Crippen LogP contribution in [0.4, 0.5) is 0 Å². The van der Waals surface area contributed by atoms with Crippen LogP contribution in [0.1, 0.15) is 35.4 Å². The second-order valence-electron chi connectivity index (χ2n) is 4.94. The lowest BCUT2D eigenvalue weighted by Gasteiger charge is -2.23. The molecule has 0 heterocycles. The van der Waals surface area contributed by atoms with Gasteiger partial charge in [0, 0.05) is 0 Å². The second kappa shape index (κ2) is 5.70. The Hall–Kier alpha value is -2.09. The molecule has 2 nitrogen and oxygen atoms in total. The minimum absolute atomic E-state index is 0.0693. The average molecular weight is 253 g/mol. The SMILES string of the molecule is Cc1ccccc1C(C(N)=O)C(C)c1ccccc1. The van der Waals surface area contributed by atoms with Gasteiger partial charge in [-0.2, -0.15) is 0 Å². The average Bonchev–Trinajstić information content (AvgIpc) is 2.42. The van der Waals surface area contributed by atoms with Gasteiger partial charge < -0.3 is 5.73 Å². The van der Waals surface area contributed by atoms with Gasteiger partial charge in [0.2, 0.25) is 5.91 Å². The molecule has 0 spiro atoms. The number of benzene rings is 2. The fraction of sp³-hybridized carbons (Fsp3) is 0.235. The van der Waals surface area contributed by atoms with E-state index in [1.807, 2.05) is 61.5 Å². The minimum Gasteiger partial charge on any atom is -0.369 e. The monoisotopic (exact) mass is 253 g/mol. The van der Waals surface area contributed by atoms with Crippen molar-refractivity contribution in [1.82, 2.24) is 0 Å². The first-order valence-corrected chi connectivity index (χ1v) is 6.51. The van der Waals surface area contributed by atoms with E-state index in [-0.39, 0.29) is 17.7 Å². The van der Waals surface area contributed by atoms with Crippen LogP contribution in [0.5, 0.6) is 0 Å². The summed E-state index contributed by atoms with van der Waals surface area (Å²) in [5, 5.41) is 0. The molecule has 0 aliphatic carbocycles. The Balaban J connectivity index is 2.42. The van der Waals surface area contributed by atoms with Gasteiger partial charge in [-0.1, -0.05) is 61.5 Å². The highest BCUT2D eigenvalue weighted by Crippen LogP contribution is 2.33. The molecule has 0 aliphatic heterocycles. The summed E-state index contributed by atoms with van der Waals surface area (Å²) in [6, 6.07) is 18.0. The second-order valence-corrected chi connectivity index (χ2v) is 4.94. The molecule has 2 heteroatoms. The topological polar surface area (TPSA) is 43.1 Å². The van der Waals surface area contributed by atoms with Crippen LogP contribution in [0.15, 0.2) is 54.6 Å². The van der Waals surface area contributed by atoms with Gasteiger partial charge in [0.1, 0.15) is 0 Å². The lowest BCUT2D eigenvalue weighted by atomic mass is 9.80. The molecule has 98 valence electrons. The number of carbonyl (C=O) groups excluding carboxylic acids is 1. The highest BCUT2D eigenvalue weighted by Gasteiger charge is 2.26. The molecule has 1 amide bonds. The first-order chi connectivity index (χ1) is 9.11. The van der Waals surface area contributed by atoms with E-state index >= 15 is 0 Å². The van der Waals surface area contributed by atoms with E-state index in [1.54, 1.807) is 0 Å². The van der Waals surface area contributed by atoms with E-state index in [2.05, 4.69) is 6.92 Å². The van der Waals surface area contributed by atoms with Crippen LogP contribution in [0, 0.1) is 6.92 Å². The molecule has 0 saturated heterocycles. The van der Waals surface area contributed by atoms with Crippen LogP contribution in [-0.4, -0.2) is 5.91 Å². The van der Waals surface area contributed by atoms with Gasteiger partial charge in [0.15, 0.2) is 0 Å². The Morgan fingerprint density at radius 3 is 2.16 bits per heavy atom. The lowest BCUT2D eigenvalue weighted by molar-refractivity contribution is -0.119. The van der Waals surface area contributed by atoms with Gasteiger partial charge in [-0.25, -0.2) is 0 Å². The molecular formula is C17H19NO. The van der Waals surface area contributed by atoms with Crippen LogP contribution in [-0.2, 0) is 4.79 Å². The maximum atomic E-state index is 11.9. The fourth-order valence-electron chi connectivity index (χ4n) is 2.55. The first-order valence-electron chi connectivity index (χ1n) is 6.51. The van der Waals surface area contributed by atoms with Crippen molar-refractivity contribution in [2.24, 2.45) is 5.73 Å². The summed E-state index contributed by atoms with van der Waals surface area (Å²) < 4.78 is 0. The number of rotatable bonds is 4. The van der Waals surface area contributed by atoms with Crippen molar-refractivity contribution < 1.29 is 4.79 Å². The van der Waals surface area contributed by atoms with Crippen LogP contribution < -0.4 is 5.73 Å². The lowest BCUT2D eigenvalue weighted by Crippen LogP contribution is -2.26. The summed E-state index contributed by atoms with van der Waals surface area (Å²) in [6.45, 7) is 4.07. The van der Waals surface area contributed by atoms with Gasteiger partial charge in [-0.15, -0.1) is 0 Å². The molecule has 2 unspecified atom stereocenters. The Morgan fingerprint density at radius 2 is 1.58 bits per heavy atom. The predicted octanol–water partition coefficient (Wildman–Crippen LogP) is 3.37. The molecule has 2 N–H and O–H groups in total.